The average molecular weight is 652 g/mol. The van der Waals surface area contributed by atoms with Gasteiger partial charge >= 0.3 is 6.18 Å². The van der Waals surface area contributed by atoms with Gasteiger partial charge in [-0.05, 0) is 73.9 Å². The number of alkyl halides is 5. The van der Waals surface area contributed by atoms with E-state index in [1.807, 2.05) is 11.9 Å². The predicted octanol–water partition coefficient (Wildman–Crippen LogP) is 8.63. The lowest BCUT2D eigenvalue weighted by Gasteiger charge is -2.21. The fourth-order valence-corrected chi connectivity index (χ4v) is 7.17. The molecule has 1 saturated heterocycles. The molecular formula is C28H25Cl2F5N2O2S2. The normalized spacial score (nSPS) is 17.7. The van der Waals surface area contributed by atoms with Gasteiger partial charge in [-0.3, -0.25) is 0 Å². The van der Waals surface area contributed by atoms with E-state index in [2.05, 4.69) is 17.2 Å². The Morgan fingerprint density at radius 1 is 1.05 bits per heavy atom. The molecule has 0 bridgehead atoms. The number of hydrogen-bond acceptors (Lipinski definition) is 4. The second-order valence-electron chi connectivity index (χ2n) is 9.47. The summed E-state index contributed by atoms with van der Waals surface area (Å²) in [5.74, 6) is -0.271. The Morgan fingerprint density at radius 2 is 1.73 bits per heavy atom. The first kappa shape index (κ1) is 31.5. The molecule has 4 nitrogen and oxygen atoms in total. The van der Waals surface area contributed by atoms with Crippen LogP contribution in [0.5, 0.6) is 5.75 Å². The van der Waals surface area contributed by atoms with Crippen LogP contribution in [0, 0.1) is 0 Å². The first-order chi connectivity index (χ1) is 19.1. The van der Waals surface area contributed by atoms with E-state index in [0.29, 0.717) is 40.5 Å². The molecule has 4 rings (SSSR count). The van der Waals surface area contributed by atoms with E-state index in [9.17, 15) is 26.2 Å². The largest absolute Gasteiger partial charge is 0.488 e. The van der Waals surface area contributed by atoms with Gasteiger partial charge in [0, 0.05) is 50.2 Å². The lowest BCUT2D eigenvalue weighted by molar-refractivity contribution is -0.139. The monoisotopic (exact) mass is 650 g/mol. The fourth-order valence-electron chi connectivity index (χ4n) is 4.23. The standard InChI is InChI=1S/C28H25Cl2F5N2O2S2/c1-4-27(31,32)24-15-22(6-8-26(24)40-21-12-17(29)11-18(30)13-21)41(3,38)36-19-5-7-23(28(33,34)35)25(14-19)39-20-9-10-37(2)16-20/h4-8,11-15,20H,1,3,9-10,16H2,2H3,(H,36,38)/t20-,41?/m1/s1. The van der Waals surface area contributed by atoms with Gasteiger partial charge in [-0.1, -0.05) is 41.5 Å². The molecule has 0 spiro atoms. The molecule has 0 amide bonds. The van der Waals surface area contributed by atoms with Crippen molar-refractivity contribution in [1.29, 1.82) is 0 Å². The van der Waals surface area contributed by atoms with Crippen LogP contribution in [0.15, 0.2) is 81.9 Å². The van der Waals surface area contributed by atoms with E-state index in [-0.39, 0.29) is 15.5 Å². The van der Waals surface area contributed by atoms with Crippen molar-refractivity contribution in [3.05, 3.63) is 88.4 Å². The highest BCUT2D eigenvalue weighted by atomic mass is 35.5. The zero-order chi connectivity index (χ0) is 30.2. The highest BCUT2D eigenvalue weighted by Crippen LogP contribution is 2.42. The Morgan fingerprint density at radius 3 is 2.32 bits per heavy atom. The van der Waals surface area contributed by atoms with E-state index in [4.69, 9.17) is 27.9 Å². The number of anilines is 1. The van der Waals surface area contributed by atoms with Crippen molar-refractivity contribution in [3.63, 3.8) is 0 Å². The van der Waals surface area contributed by atoms with Gasteiger partial charge in [0.05, 0.1) is 20.2 Å². The number of likely N-dealkylation sites (tertiary alicyclic amines) is 1. The Balaban J connectivity index is 1.68. The minimum absolute atomic E-state index is 0.0170. The van der Waals surface area contributed by atoms with Gasteiger partial charge in [0.15, 0.2) is 0 Å². The second-order valence-corrected chi connectivity index (χ2v) is 13.5. The van der Waals surface area contributed by atoms with Crippen LogP contribution in [0.1, 0.15) is 17.5 Å². The quantitative estimate of drug-likeness (QED) is 0.143. The number of ether oxygens (including phenoxy) is 1. The van der Waals surface area contributed by atoms with Gasteiger partial charge in [-0.25, -0.2) is 4.21 Å². The van der Waals surface area contributed by atoms with Crippen molar-refractivity contribution >= 4 is 56.2 Å². The summed E-state index contributed by atoms with van der Waals surface area (Å²) in [6.45, 7) is 4.34. The highest BCUT2D eigenvalue weighted by molar-refractivity contribution is 8.01. The molecule has 0 saturated carbocycles. The summed E-state index contributed by atoms with van der Waals surface area (Å²) in [6.07, 6.45) is -4.14. The van der Waals surface area contributed by atoms with Crippen LogP contribution in [0.25, 0.3) is 0 Å². The van der Waals surface area contributed by atoms with E-state index in [0.717, 1.165) is 36.0 Å². The van der Waals surface area contributed by atoms with Crippen molar-refractivity contribution in [2.75, 3.05) is 24.9 Å². The van der Waals surface area contributed by atoms with Crippen molar-refractivity contribution in [1.82, 2.24) is 4.90 Å². The Bertz CT molecular complexity index is 1550. The lowest BCUT2D eigenvalue weighted by Crippen LogP contribution is -2.23. The molecule has 0 radical (unpaired) electrons. The van der Waals surface area contributed by atoms with E-state index in [1.165, 1.54) is 18.2 Å². The molecule has 0 aliphatic carbocycles. The molecule has 1 unspecified atom stereocenters. The fraction of sp³-hybridized carbons (Fsp3) is 0.250. The summed E-state index contributed by atoms with van der Waals surface area (Å²) in [5, 5.41) is 0.636. The van der Waals surface area contributed by atoms with Crippen molar-refractivity contribution in [2.45, 2.75) is 39.3 Å². The van der Waals surface area contributed by atoms with Gasteiger partial charge in [-0.15, -0.1) is 0 Å². The number of nitrogens with one attached hydrogen (secondary N) is 1. The summed E-state index contributed by atoms with van der Waals surface area (Å²) >= 11 is 13.1. The summed E-state index contributed by atoms with van der Waals surface area (Å²) in [4.78, 5) is 2.46. The minimum Gasteiger partial charge on any atom is -0.488 e. The van der Waals surface area contributed by atoms with Crippen LogP contribution < -0.4 is 9.46 Å². The summed E-state index contributed by atoms with van der Waals surface area (Å²) in [5.41, 5.74) is -1.46. The maximum Gasteiger partial charge on any atom is 0.419 e. The number of rotatable bonds is 9. The Labute approximate surface area is 249 Å². The van der Waals surface area contributed by atoms with Crippen LogP contribution >= 0.6 is 35.0 Å². The number of benzene rings is 3. The van der Waals surface area contributed by atoms with E-state index in [1.54, 1.807) is 12.1 Å². The van der Waals surface area contributed by atoms with Gasteiger partial charge in [-0.2, -0.15) is 22.0 Å². The molecule has 1 N–H and O–H groups in total. The van der Waals surface area contributed by atoms with Crippen molar-refractivity contribution < 1.29 is 30.9 Å². The molecule has 220 valence electrons. The average Bonchev–Trinajstić information content (AvgIpc) is 3.27. The number of allylic oxidation sites excluding steroid dienone is 1. The van der Waals surface area contributed by atoms with Crippen LogP contribution in [0.4, 0.5) is 27.6 Å². The van der Waals surface area contributed by atoms with Crippen molar-refractivity contribution in [3.8, 4) is 5.75 Å². The first-order valence-electron chi connectivity index (χ1n) is 12.1. The molecule has 1 aliphatic rings. The maximum absolute atomic E-state index is 15.0. The van der Waals surface area contributed by atoms with Crippen LogP contribution in [-0.4, -0.2) is 41.2 Å². The smallest absolute Gasteiger partial charge is 0.419 e. The van der Waals surface area contributed by atoms with Gasteiger partial charge in [0.1, 0.15) is 11.9 Å². The number of likely N-dealkylation sites (N-methyl/N-ethyl adjacent to an activating group) is 1. The first-order valence-corrected chi connectivity index (χ1v) is 15.4. The van der Waals surface area contributed by atoms with Crippen LogP contribution in [0.3, 0.4) is 0 Å². The summed E-state index contributed by atoms with van der Waals surface area (Å²) < 4.78 is 93.0. The summed E-state index contributed by atoms with van der Waals surface area (Å²) in [6, 6.07) is 11.4. The SMILES string of the molecule is C=CC(F)(F)c1cc(S(=C)(=O)Nc2ccc(C(F)(F)F)c(O[C@@H]3CCN(C)C3)c2)ccc1Sc1cc(Cl)cc(Cl)c1. The molecule has 1 fully saturated rings. The molecule has 0 aromatic heterocycles. The van der Waals surface area contributed by atoms with E-state index < -0.39 is 44.8 Å². The third-order valence-corrected chi connectivity index (χ3v) is 9.29. The minimum atomic E-state index is -4.68. The van der Waals surface area contributed by atoms with Crippen LogP contribution in [-0.2, 0) is 21.8 Å². The second kappa shape index (κ2) is 12.0. The molecular weight excluding hydrogens is 626 g/mol. The Hall–Kier alpha value is -2.44. The number of nitrogens with zero attached hydrogens (tertiary/aromatic N) is 1. The summed E-state index contributed by atoms with van der Waals surface area (Å²) in [7, 11) is -1.69. The van der Waals surface area contributed by atoms with Gasteiger partial charge in [0.25, 0.3) is 5.92 Å². The van der Waals surface area contributed by atoms with Crippen LogP contribution in [0.2, 0.25) is 10.0 Å². The third kappa shape index (κ3) is 7.70. The highest BCUT2D eigenvalue weighted by Gasteiger charge is 2.36. The molecule has 1 heterocycles. The number of halogens is 7. The van der Waals surface area contributed by atoms with Gasteiger partial charge < -0.3 is 14.4 Å². The number of hydrogen-bond donors (Lipinski definition) is 1. The topological polar surface area (TPSA) is 41.6 Å². The molecule has 3 aromatic rings. The molecule has 41 heavy (non-hydrogen) atoms. The third-order valence-electron chi connectivity index (χ3n) is 6.22. The Kier molecular flexibility index (Phi) is 9.25. The zero-order valence-corrected chi connectivity index (χ0v) is 24.8. The van der Waals surface area contributed by atoms with Gasteiger partial charge in [0.2, 0.25) is 0 Å². The van der Waals surface area contributed by atoms with E-state index >= 15 is 0 Å². The zero-order valence-electron chi connectivity index (χ0n) is 21.6. The molecule has 1 aliphatic heterocycles. The molecule has 2 atom stereocenters. The lowest BCUT2D eigenvalue weighted by atomic mass is 10.1. The van der Waals surface area contributed by atoms with Crippen molar-refractivity contribution in [2.24, 2.45) is 0 Å². The maximum atomic E-state index is 15.0. The molecule has 3 aromatic carbocycles. The predicted molar refractivity (Wildman–Crippen MR) is 156 cm³/mol. The molecule has 13 heteroatoms.